The van der Waals surface area contributed by atoms with Crippen LogP contribution in [0.3, 0.4) is 0 Å². The predicted octanol–water partition coefficient (Wildman–Crippen LogP) is 4.56. The number of aromatic nitrogens is 1. The van der Waals surface area contributed by atoms with E-state index in [1.165, 1.54) is 22.8 Å². The van der Waals surface area contributed by atoms with Crippen molar-refractivity contribution in [1.29, 1.82) is 0 Å². The number of benzene rings is 2. The smallest absolute Gasteiger partial charge is 0.433 e. The molecule has 1 aliphatic rings. The van der Waals surface area contributed by atoms with Gasteiger partial charge in [-0.1, -0.05) is 79.8 Å². The Morgan fingerprint density at radius 1 is 1.15 bits per heavy atom. The lowest BCUT2D eigenvalue weighted by molar-refractivity contribution is -0.402. The number of nitro groups is 1. The fraction of sp³-hybridized carbons (Fsp3) is 0.207. The van der Waals surface area contributed by atoms with Crippen LogP contribution in [0.4, 0.5) is 5.88 Å². The van der Waals surface area contributed by atoms with Crippen molar-refractivity contribution < 1.29 is 18.9 Å². The summed E-state index contributed by atoms with van der Waals surface area (Å²) in [5.41, 5.74) is 2.84. The summed E-state index contributed by atoms with van der Waals surface area (Å²) in [7, 11) is 0. The highest BCUT2D eigenvalue weighted by molar-refractivity contribution is 7.07. The molecule has 5 rings (SSSR count). The number of ether oxygens (including phenoxy) is 1. The Hall–Kier alpha value is -4.57. The molecule has 0 amide bonds. The summed E-state index contributed by atoms with van der Waals surface area (Å²) in [4.78, 5) is 42.9. The number of hydrogen-bond donors (Lipinski definition) is 0. The van der Waals surface area contributed by atoms with E-state index in [0.29, 0.717) is 22.0 Å². The van der Waals surface area contributed by atoms with Crippen LogP contribution in [0, 0.1) is 10.1 Å². The number of esters is 1. The van der Waals surface area contributed by atoms with Gasteiger partial charge in [0.15, 0.2) is 4.80 Å². The van der Waals surface area contributed by atoms with E-state index in [-0.39, 0.29) is 22.5 Å². The summed E-state index contributed by atoms with van der Waals surface area (Å²) in [5.74, 6) is -0.516. The lowest BCUT2D eigenvalue weighted by atomic mass is 9.91. The van der Waals surface area contributed by atoms with Gasteiger partial charge in [-0.25, -0.2) is 9.79 Å². The minimum Gasteiger partial charge on any atom is -0.463 e. The summed E-state index contributed by atoms with van der Waals surface area (Å²) in [6.45, 7) is 6.07. The standard InChI is InChI=1S/C29H25N3O6S/c1-4-37-28(34)24-25(19-8-6-5-7-9-19)30-29-31(26(24)20-12-10-18(11-13-20)17(2)3)27(33)22(39-29)16-21-14-15-23(38-21)32(35)36/h5-17,26H,4H2,1-3H3/b22-16-/t26-/m1/s1. The van der Waals surface area contributed by atoms with Gasteiger partial charge in [-0.15, -0.1) is 0 Å². The van der Waals surface area contributed by atoms with E-state index in [1.807, 2.05) is 54.6 Å². The zero-order chi connectivity index (χ0) is 27.7. The normalized spacial score (nSPS) is 15.3. The molecule has 0 unspecified atom stereocenters. The van der Waals surface area contributed by atoms with E-state index in [4.69, 9.17) is 14.1 Å². The molecule has 10 heteroatoms. The lowest BCUT2D eigenvalue weighted by Gasteiger charge is -2.26. The highest BCUT2D eigenvalue weighted by Crippen LogP contribution is 2.35. The first-order valence-electron chi connectivity index (χ1n) is 12.4. The fourth-order valence-electron chi connectivity index (χ4n) is 4.47. The molecular formula is C29H25N3O6S. The third kappa shape index (κ3) is 4.98. The maximum atomic E-state index is 13.8. The molecule has 0 saturated carbocycles. The zero-order valence-electron chi connectivity index (χ0n) is 21.5. The third-order valence-corrected chi connectivity index (χ3v) is 7.34. The molecule has 1 atom stereocenters. The number of carbonyl (C=O) groups excluding carboxylic acids is 1. The molecule has 198 valence electrons. The molecule has 3 heterocycles. The van der Waals surface area contributed by atoms with Crippen molar-refractivity contribution in [3.05, 3.63) is 125 Å². The van der Waals surface area contributed by atoms with Gasteiger partial charge < -0.3 is 9.15 Å². The van der Waals surface area contributed by atoms with Crippen molar-refractivity contribution in [1.82, 2.24) is 4.57 Å². The molecule has 0 bridgehead atoms. The number of furan rings is 1. The van der Waals surface area contributed by atoms with Crippen molar-refractivity contribution >= 4 is 35.0 Å². The number of rotatable bonds is 7. The minimum absolute atomic E-state index is 0.158. The Balaban J connectivity index is 1.79. The van der Waals surface area contributed by atoms with Crippen LogP contribution in [0.25, 0.3) is 11.8 Å². The Labute approximate surface area is 227 Å². The van der Waals surface area contributed by atoms with Gasteiger partial charge in [0.25, 0.3) is 5.56 Å². The Morgan fingerprint density at radius 3 is 2.49 bits per heavy atom. The number of hydrogen-bond acceptors (Lipinski definition) is 8. The molecule has 1 aliphatic heterocycles. The molecule has 0 saturated heterocycles. The summed E-state index contributed by atoms with van der Waals surface area (Å²) >= 11 is 1.12. The second kappa shape index (κ2) is 10.7. The number of thiazole rings is 1. The van der Waals surface area contributed by atoms with E-state index >= 15 is 0 Å². The Kier molecular flexibility index (Phi) is 7.12. The zero-order valence-corrected chi connectivity index (χ0v) is 22.3. The van der Waals surface area contributed by atoms with E-state index in [9.17, 15) is 19.7 Å². The van der Waals surface area contributed by atoms with Crippen LogP contribution >= 0.6 is 11.3 Å². The maximum absolute atomic E-state index is 13.8. The van der Waals surface area contributed by atoms with Gasteiger partial charge in [-0.3, -0.25) is 19.5 Å². The van der Waals surface area contributed by atoms with Crippen LogP contribution in [0.5, 0.6) is 0 Å². The third-order valence-electron chi connectivity index (χ3n) is 6.36. The molecule has 0 radical (unpaired) electrons. The fourth-order valence-corrected chi connectivity index (χ4v) is 5.45. The first kappa shape index (κ1) is 26.1. The molecular weight excluding hydrogens is 518 g/mol. The Bertz CT molecular complexity index is 1760. The molecule has 0 N–H and O–H groups in total. The van der Waals surface area contributed by atoms with Gasteiger partial charge in [0.1, 0.15) is 10.7 Å². The monoisotopic (exact) mass is 543 g/mol. The van der Waals surface area contributed by atoms with Crippen molar-refractivity contribution in [3.8, 4) is 0 Å². The molecule has 9 nitrogen and oxygen atoms in total. The topological polar surface area (TPSA) is 117 Å². The van der Waals surface area contributed by atoms with E-state index in [0.717, 1.165) is 22.5 Å². The van der Waals surface area contributed by atoms with E-state index in [1.54, 1.807) is 6.92 Å². The van der Waals surface area contributed by atoms with Crippen LogP contribution in [-0.4, -0.2) is 22.1 Å². The lowest BCUT2D eigenvalue weighted by Crippen LogP contribution is -2.40. The van der Waals surface area contributed by atoms with E-state index < -0.39 is 28.4 Å². The predicted molar refractivity (Wildman–Crippen MR) is 147 cm³/mol. The van der Waals surface area contributed by atoms with Crippen LogP contribution in [0.2, 0.25) is 0 Å². The average molecular weight is 544 g/mol. The Morgan fingerprint density at radius 2 is 1.87 bits per heavy atom. The van der Waals surface area contributed by atoms with Gasteiger partial charge >= 0.3 is 11.9 Å². The molecule has 0 fully saturated rings. The van der Waals surface area contributed by atoms with Gasteiger partial charge in [-0.2, -0.15) is 0 Å². The molecule has 2 aromatic carbocycles. The SMILES string of the molecule is CCOC(=O)C1=C(c2ccccc2)N=c2s/c(=C\c3ccc([N+](=O)[O-])o3)c(=O)n2[C@@H]1c1ccc(C(C)C)cc1. The number of nitrogens with zero attached hydrogens (tertiary/aromatic N) is 3. The van der Waals surface area contributed by atoms with Crippen LogP contribution in [0.15, 0.2) is 86.5 Å². The molecule has 0 spiro atoms. The molecule has 2 aromatic heterocycles. The maximum Gasteiger partial charge on any atom is 0.433 e. The first-order valence-corrected chi connectivity index (χ1v) is 13.2. The molecule has 4 aromatic rings. The van der Waals surface area contributed by atoms with Crippen molar-refractivity contribution in [3.63, 3.8) is 0 Å². The summed E-state index contributed by atoms with van der Waals surface area (Å²) in [6.07, 6.45) is 1.45. The van der Waals surface area contributed by atoms with Gasteiger partial charge in [-0.05, 0) is 30.0 Å². The van der Waals surface area contributed by atoms with Gasteiger partial charge in [0.05, 0.1) is 34.5 Å². The van der Waals surface area contributed by atoms with Crippen LogP contribution < -0.4 is 14.9 Å². The van der Waals surface area contributed by atoms with Crippen LogP contribution in [0.1, 0.15) is 55.2 Å². The quantitative estimate of drug-likeness (QED) is 0.192. The van der Waals surface area contributed by atoms with Crippen molar-refractivity contribution in [2.45, 2.75) is 32.7 Å². The summed E-state index contributed by atoms with van der Waals surface area (Å²) < 4.78 is 12.5. The van der Waals surface area contributed by atoms with Gasteiger partial charge in [0.2, 0.25) is 0 Å². The molecule has 0 aliphatic carbocycles. The molecule has 39 heavy (non-hydrogen) atoms. The largest absolute Gasteiger partial charge is 0.463 e. The van der Waals surface area contributed by atoms with Crippen molar-refractivity contribution in [2.75, 3.05) is 6.61 Å². The van der Waals surface area contributed by atoms with Gasteiger partial charge in [0, 0.05) is 11.6 Å². The highest BCUT2D eigenvalue weighted by Gasteiger charge is 2.35. The number of carbonyl (C=O) groups is 1. The second-order valence-corrected chi connectivity index (χ2v) is 10.2. The highest BCUT2D eigenvalue weighted by atomic mass is 32.1. The average Bonchev–Trinajstić information content (AvgIpc) is 3.53. The van der Waals surface area contributed by atoms with Crippen LogP contribution in [-0.2, 0) is 9.53 Å². The second-order valence-electron chi connectivity index (χ2n) is 9.19. The minimum atomic E-state index is -0.801. The summed E-state index contributed by atoms with van der Waals surface area (Å²) in [5, 5.41) is 11.1. The number of fused-ring (bicyclic) bond motifs is 1. The van der Waals surface area contributed by atoms with E-state index in [2.05, 4.69) is 13.8 Å². The van der Waals surface area contributed by atoms with Crippen molar-refractivity contribution in [2.24, 2.45) is 4.99 Å². The first-order chi connectivity index (χ1) is 18.8. The summed E-state index contributed by atoms with van der Waals surface area (Å²) in [6, 6.07) is 19.0.